The van der Waals surface area contributed by atoms with E-state index in [0.29, 0.717) is 22.8 Å². The number of morpholine rings is 1. The molecule has 1 amide bonds. The van der Waals surface area contributed by atoms with Crippen LogP contribution in [0.25, 0.3) is 22.8 Å². The Labute approximate surface area is 192 Å². The second-order valence-electron chi connectivity index (χ2n) is 8.04. The molecule has 0 atom stereocenters. The van der Waals surface area contributed by atoms with Crippen LogP contribution in [0.5, 0.6) is 0 Å². The average Bonchev–Trinajstić information content (AvgIpc) is 3.36. The molecule has 0 radical (unpaired) electrons. The Kier molecular flexibility index (Phi) is 5.91. The van der Waals surface area contributed by atoms with Crippen LogP contribution in [-0.2, 0) is 4.74 Å². The SMILES string of the molecule is Cc1ccc(-c2cnc(-c3ccccc3C(=O)Nc3ccc(N4CCOCC4)cc3)o2)cc1. The number of oxazole rings is 1. The van der Waals surface area contributed by atoms with Crippen molar-refractivity contribution >= 4 is 17.3 Å². The fourth-order valence-electron chi connectivity index (χ4n) is 3.89. The number of carbonyl (C=O) groups excluding carboxylic acids is 1. The van der Waals surface area contributed by atoms with Crippen LogP contribution in [0.1, 0.15) is 15.9 Å². The summed E-state index contributed by atoms with van der Waals surface area (Å²) in [6.07, 6.45) is 1.69. The summed E-state index contributed by atoms with van der Waals surface area (Å²) in [5.74, 6) is 0.873. The number of rotatable bonds is 5. The van der Waals surface area contributed by atoms with Gasteiger partial charge in [-0.1, -0.05) is 42.0 Å². The molecule has 166 valence electrons. The lowest BCUT2D eigenvalue weighted by atomic mass is 10.1. The van der Waals surface area contributed by atoms with Crippen LogP contribution in [0.4, 0.5) is 11.4 Å². The number of benzene rings is 3. The van der Waals surface area contributed by atoms with E-state index in [2.05, 4.69) is 15.2 Å². The van der Waals surface area contributed by atoms with E-state index in [0.717, 1.165) is 43.2 Å². The largest absolute Gasteiger partial charge is 0.436 e. The monoisotopic (exact) mass is 439 g/mol. The first-order valence-electron chi connectivity index (χ1n) is 11.0. The minimum Gasteiger partial charge on any atom is -0.436 e. The van der Waals surface area contributed by atoms with Gasteiger partial charge in [-0.2, -0.15) is 0 Å². The summed E-state index contributed by atoms with van der Waals surface area (Å²) in [5, 5.41) is 2.99. The van der Waals surface area contributed by atoms with E-state index in [4.69, 9.17) is 9.15 Å². The van der Waals surface area contributed by atoms with Crippen molar-refractivity contribution in [3.63, 3.8) is 0 Å². The molecule has 1 N–H and O–H groups in total. The summed E-state index contributed by atoms with van der Waals surface area (Å²) in [5.41, 5.74) is 5.14. The highest BCUT2D eigenvalue weighted by molar-refractivity contribution is 6.08. The maximum atomic E-state index is 13.1. The molecule has 1 aliphatic heterocycles. The normalized spacial score (nSPS) is 13.7. The van der Waals surface area contributed by atoms with E-state index in [1.165, 1.54) is 5.56 Å². The first-order valence-corrected chi connectivity index (χ1v) is 11.0. The van der Waals surface area contributed by atoms with E-state index < -0.39 is 0 Å². The van der Waals surface area contributed by atoms with Crippen molar-refractivity contribution in [2.45, 2.75) is 6.92 Å². The Balaban J connectivity index is 1.34. The molecular weight excluding hydrogens is 414 g/mol. The Morgan fingerprint density at radius 2 is 1.67 bits per heavy atom. The van der Waals surface area contributed by atoms with Crippen LogP contribution >= 0.6 is 0 Å². The summed E-state index contributed by atoms with van der Waals surface area (Å²) >= 11 is 0. The summed E-state index contributed by atoms with van der Waals surface area (Å²) in [4.78, 5) is 19.8. The molecule has 33 heavy (non-hydrogen) atoms. The number of aromatic nitrogens is 1. The highest BCUT2D eigenvalue weighted by atomic mass is 16.5. The first kappa shape index (κ1) is 21.0. The molecule has 6 heteroatoms. The van der Waals surface area contributed by atoms with Crippen molar-refractivity contribution in [3.05, 3.63) is 90.1 Å². The van der Waals surface area contributed by atoms with Crippen LogP contribution < -0.4 is 10.2 Å². The molecule has 1 aliphatic rings. The Morgan fingerprint density at radius 1 is 0.939 bits per heavy atom. The van der Waals surface area contributed by atoms with Gasteiger partial charge < -0.3 is 19.4 Å². The molecule has 4 aromatic rings. The molecule has 5 rings (SSSR count). The molecule has 1 aromatic heterocycles. The lowest BCUT2D eigenvalue weighted by molar-refractivity contribution is 0.102. The van der Waals surface area contributed by atoms with E-state index in [1.54, 1.807) is 12.3 Å². The highest BCUT2D eigenvalue weighted by Crippen LogP contribution is 2.29. The molecule has 2 heterocycles. The number of amides is 1. The number of carbonyl (C=O) groups is 1. The van der Waals surface area contributed by atoms with Gasteiger partial charge in [0, 0.05) is 35.6 Å². The van der Waals surface area contributed by atoms with Gasteiger partial charge in [0.1, 0.15) is 0 Å². The highest BCUT2D eigenvalue weighted by Gasteiger charge is 2.17. The molecule has 0 aliphatic carbocycles. The minimum atomic E-state index is -0.209. The fourth-order valence-corrected chi connectivity index (χ4v) is 3.89. The van der Waals surface area contributed by atoms with Gasteiger partial charge in [-0.25, -0.2) is 4.98 Å². The topological polar surface area (TPSA) is 67.6 Å². The van der Waals surface area contributed by atoms with Crippen molar-refractivity contribution in [1.29, 1.82) is 0 Å². The third kappa shape index (κ3) is 4.66. The van der Waals surface area contributed by atoms with Crippen molar-refractivity contribution in [2.24, 2.45) is 0 Å². The number of nitrogens with one attached hydrogen (secondary N) is 1. The van der Waals surface area contributed by atoms with Gasteiger partial charge in [0.05, 0.1) is 25.0 Å². The number of hydrogen-bond donors (Lipinski definition) is 1. The van der Waals surface area contributed by atoms with Crippen LogP contribution in [0, 0.1) is 6.92 Å². The molecule has 1 fully saturated rings. The zero-order valence-corrected chi connectivity index (χ0v) is 18.5. The van der Waals surface area contributed by atoms with Crippen LogP contribution in [0.2, 0.25) is 0 Å². The number of hydrogen-bond acceptors (Lipinski definition) is 5. The van der Waals surface area contributed by atoms with Crippen LogP contribution in [-0.4, -0.2) is 37.2 Å². The summed E-state index contributed by atoms with van der Waals surface area (Å²) < 4.78 is 11.4. The van der Waals surface area contributed by atoms with Gasteiger partial charge in [-0.15, -0.1) is 0 Å². The predicted molar refractivity (Wildman–Crippen MR) is 130 cm³/mol. The number of ether oxygens (including phenoxy) is 1. The van der Waals surface area contributed by atoms with Gasteiger partial charge >= 0.3 is 0 Å². The molecule has 0 bridgehead atoms. The third-order valence-corrected chi connectivity index (χ3v) is 5.75. The standard InChI is InChI=1S/C27H25N3O3/c1-19-6-8-20(9-7-19)25-18-28-27(33-25)24-5-3-2-4-23(24)26(31)29-21-10-12-22(13-11-21)30-14-16-32-17-15-30/h2-13,18H,14-17H2,1H3,(H,29,31). The minimum absolute atomic E-state index is 0.209. The number of nitrogens with zero attached hydrogens (tertiary/aromatic N) is 2. The van der Waals surface area contributed by atoms with Crippen molar-refractivity contribution < 1.29 is 13.9 Å². The lowest BCUT2D eigenvalue weighted by Crippen LogP contribution is -2.36. The maximum absolute atomic E-state index is 13.1. The van der Waals surface area contributed by atoms with Crippen molar-refractivity contribution in [3.8, 4) is 22.8 Å². The summed E-state index contributed by atoms with van der Waals surface area (Å²) in [6.45, 7) is 5.27. The third-order valence-electron chi connectivity index (χ3n) is 5.75. The van der Waals surface area contributed by atoms with Crippen LogP contribution in [0.3, 0.4) is 0 Å². The van der Waals surface area contributed by atoms with Gasteiger partial charge in [0.2, 0.25) is 5.89 Å². The fraction of sp³-hybridized carbons (Fsp3) is 0.185. The van der Waals surface area contributed by atoms with Gasteiger partial charge in [-0.05, 0) is 43.3 Å². The van der Waals surface area contributed by atoms with E-state index in [1.807, 2.05) is 73.7 Å². The maximum Gasteiger partial charge on any atom is 0.256 e. The predicted octanol–water partition coefficient (Wildman–Crippen LogP) is 5.41. The van der Waals surface area contributed by atoms with Gasteiger partial charge in [-0.3, -0.25) is 4.79 Å². The zero-order chi connectivity index (χ0) is 22.6. The molecule has 6 nitrogen and oxygen atoms in total. The van der Waals surface area contributed by atoms with E-state index in [-0.39, 0.29) is 5.91 Å². The number of anilines is 2. The molecule has 1 saturated heterocycles. The van der Waals surface area contributed by atoms with Gasteiger partial charge in [0.15, 0.2) is 5.76 Å². The average molecular weight is 440 g/mol. The quantitative estimate of drug-likeness (QED) is 0.451. The van der Waals surface area contributed by atoms with Crippen molar-refractivity contribution in [2.75, 3.05) is 36.5 Å². The first-order chi connectivity index (χ1) is 16.2. The smallest absolute Gasteiger partial charge is 0.256 e. The summed E-state index contributed by atoms with van der Waals surface area (Å²) in [6, 6.07) is 23.3. The molecule has 3 aromatic carbocycles. The number of aryl methyl sites for hydroxylation is 1. The van der Waals surface area contributed by atoms with E-state index in [9.17, 15) is 4.79 Å². The second kappa shape index (κ2) is 9.30. The molecule has 0 spiro atoms. The molecule has 0 unspecified atom stereocenters. The van der Waals surface area contributed by atoms with Crippen molar-refractivity contribution in [1.82, 2.24) is 4.98 Å². The zero-order valence-electron chi connectivity index (χ0n) is 18.5. The second-order valence-corrected chi connectivity index (χ2v) is 8.04. The van der Waals surface area contributed by atoms with Gasteiger partial charge in [0.25, 0.3) is 5.91 Å². The Hall–Kier alpha value is -3.90. The Bertz CT molecular complexity index is 1240. The Morgan fingerprint density at radius 3 is 2.42 bits per heavy atom. The molecule has 0 saturated carbocycles. The lowest BCUT2D eigenvalue weighted by Gasteiger charge is -2.28. The molecular formula is C27H25N3O3. The summed E-state index contributed by atoms with van der Waals surface area (Å²) in [7, 11) is 0. The van der Waals surface area contributed by atoms with Crippen LogP contribution in [0.15, 0.2) is 83.4 Å². The van der Waals surface area contributed by atoms with E-state index >= 15 is 0 Å².